The lowest BCUT2D eigenvalue weighted by Crippen LogP contribution is -2.29. The number of fused-ring (bicyclic) bond motifs is 2. The van der Waals surface area contributed by atoms with Crippen molar-refractivity contribution in [2.75, 3.05) is 5.75 Å². The van der Waals surface area contributed by atoms with Crippen molar-refractivity contribution in [1.29, 1.82) is 0 Å². The van der Waals surface area contributed by atoms with E-state index in [0.29, 0.717) is 21.7 Å². The van der Waals surface area contributed by atoms with Crippen LogP contribution in [-0.4, -0.2) is 21.2 Å². The lowest BCUT2D eigenvalue weighted by Gasteiger charge is -2.16. The predicted octanol–water partition coefficient (Wildman–Crippen LogP) is 5.07. The maximum atomic E-state index is 13.7. The molecular formula is C25H19ClFN3O2S. The Balaban J connectivity index is 1.44. The van der Waals surface area contributed by atoms with Crippen molar-refractivity contribution >= 4 is 40.2 Å². The summed E-state index contributed by atoms with van der Waals surface area (Å²) in [6.45, 7) is 0. The molecule has 0 saturated heterocycles. The standard InChI is InChI=1S/C25H19ClFN3O2S/c26-19-13-16(10-11-20(19)27)30-24(32)18-7-3-4-8-21(18)29-25(30)33-14-23(31)28-22-12-9-15-5-1-2-6-17(15)22/h1-8,10-11,13,22H,9,12,14H2,(H,28,31). The largest absolute Gasteiger partial charge is 0.349 e. The Labute approximate surface area is 198 Å². The summed E-state index contributed by atoms with van der Waals surface area (Å²) in [5.41, 5.74) is 3.01. The lowest BCUT2D eigenvalue weighted by molar-refractivity contribution is -0.119. The monoisotopic (exact) mass is 479 g/mol. The van der Waals surface area contributed by atoms with Crippen molar-refractivity contribution in [1.82, 2.24) is 14.9 Å². The molecule has 5 rings (SSSR count). The number of rotatable bonds is 5. The maximum absolute atomic E-state index is 13.7. The zero-order valence-electron chi connectivity index (χ0n) is 17.4. The Morgan fingerprint density at radius 3 is 2.79 bits per heavy atom. The first-order chi connectivity index (χ1) is 16.0. The predicted molar refractivity (Wildman–Crippen MR) is 129 cm³/mol. The van der Waals surface area contributed by atoms with Crippen molar-refractivity contribution in [3.05, 3.63) is 99.1 Å². The smallest absolute Gasteiger partial charge is 0.266 e. The first-order valence-electron chi connectivity index (χ1n) is 10.5. The molecule has 0 spiro atoms. The fourth-order valence-electron chi connectivity index (χ4n) is 4.13. The molecule has 33 heavy (non-hydrogen) atoms. The molecule has 0 fully saturated rings. The van der Waals surface area contributed by atoms with E-state index in [9.17, 15) is 14.0 Å². The number of hydrogen-bond donors (Lipinski definition) is 1. The number of amides is 1. The normalized spacial score (nSPS) is 14.9. The van der Waals surface area contributed by atoms with Gasteiger partial charge in [0.25, 0.3) is 5.56 Å². The van der Waals surface area contributed by atoms with Crippen LogP contribution >= 0.6 is 23.4 Å². The number of carbonyl (C=O) groups excluding carboxylic acids is 1. The number of nitrogens with one attached hydrogen (secondary N) is 1. The number of thioether (sulfide) groups is 1. The van der Waals surface area contributed by atoms with Gasteiger partial charge in [-0.25, -0.2) is 9.37 Å². The van der Waals surface area contributed by atoms with Crippen LogP contribution in [0, 0.1) is 5.82 Å². The molecule has 1 aromatic heterocycles. The number of nitrogens with zero attached hydrogens (tertiary/aromatic N) is 2. The van der Waals surface area contributed by atoms with Crippen LogP contribution in [0.15, 0.2) is 76.7 Å². The van der Waals surface area contributed by atoms with Gasteiger partial charge in [-0.05, 0) is 54.3 Å². The van der Waals surface area contributed by atoms with E-state index in [2.05, 4.69) is 16.4 Å². The summed E-state index contributed by atoms with van der Waals surface area (Å²) in [6, 6.07) is 19.1. The van der Waals surface area contributed by atoms with E-state index in [1.807, 2.05) is 18.2 Å². The number of halogens is 2. The highest BCUT2D eigenvalue weighted by Gasteiger charge is 2.24. The van der Waals surface area contributed by atoms with E-state index < -0.39 is 5.82 Å². The first kappa shape index (κ1) is 21.7. The van der Waals surface area contributed by atoms with Crippen molar-refractivity contribution in [2.45, 2.75) is 24.0 Å². The zero-order valence-corrected chi connectivity index (χ0v) is 19.0. The van der Waals surface area contributed by atoms with Crippen LogP contribution in [0.1, 0.15) is 23.6 Å². The van der Waals surface area contributed by atoms with Crippen LogP contribution in [0.25, 0.3) is 16.6 Å². The van der Waals surface area contributed by atoms with E-state index >= 15 is 0 Å². The number of benzene rings is 3. The first-order valence-corrected chi connectivity index (χ1v) is 11.8. The van der Waals surface area contributed by atoms with E-state index in [1.165, 1.54) is 28.3 Å². The van der Waals surface area contributed by atoms with Crippen molar-refractivity contribution in [2.24, 2.45) is 0 Å². The molecule has 1 amide bonds. The van der Waals surface area contributed by atoms with Gasteiger partial charge < -0.3 is 5.32 Å². The summed E-state index contributed by atoms with van der Waals surface area (Å²) in [6.07, 6.45) is 1.80. The van der Waals surface area contributed by atoms with Gasteiger partial charge in [0, 0.05) is 0 Å². The molecule has 1 heterocycles. The lowest BCUT2D eigenvalue weighted by atomic mass is 10.1. The molecule has 1 atom stereocenters. The Kier molecular flexibility index (Phi) is 5.91. The average molecular weight is 480 g/mol. The molecule has 4 aromatic rings. The molecule has 1 aliphatic carbocycles. The number of hydrogen-bond acceptors (Lipinski definition) is 4. The zero-order chi connectivity index (χ0) is 22.9. The van der Waals surface area contributed by atoms with Gasteiger partial charge in [-0.3, -0.25) is 14.2 Å². The average Bonchev–Trinajstić information content (AvgIpc) is 3.22. The highest BCUT2D eigenvalue weighted by atomic mass is 35.5. The van der Waals surface area contributed by atoms with Gasteiger partial charge in [0.2, 0.25) is 5.91 Å². The van der Waals surface area contributed by atoms with E-state index in [-0.39, 0.29) is 28.3 Å². The van der Waals surface area contributed by atoms with Crippen LogP contribution < -0.4 is 10.9 Å². The van der Waals surface area contributed by atoms with Gasteiger partial charge in [0.15, 0.2) is 5.16 Å². The van der Waals surface area contributed by atoms with E-state index in [1.54, 1.807) is 24.3 Å². The number of aromatic nitrogens is 2. The molecule has 1 unspecified atom stereocenters. The third-order valence-corrected chi connectivity index (χ3v) is 6.93. The highest BCUT2D eigenvalue weighted by molar-refractivity contribution is 7.99. The number of aryl methyl sites for hydroxylation is 1. The minimum absolute atomic E-state index is 0.0167. The minimum Gasteiger partial charge on any atom is -0.349 e. The molecule has 166 valence electrons. The molecule has 5 nitrogen and oxygen atoms in total. The van der Waals surface area contributed by atoms with Crippen LogP contribution in [0.3, 0.4) is 0 Å². The van der Waals surface area contributed by atoms with Crippen LogP contribution in [-0.2, 0) is 11.2 Å². The summed E-state index contributed by atoms with van der Waals surface area (Å²) in [4.78, 5) is 30.7. The fraction of sp³-hybridized carbons (Fsp3) is 0.160. The quantitative estimate of drug-likeness (QED) is 0.320. The fourth-order valence-corrected chi connectivity index (χ4v) is 5.13. The molecule has 0 aliphatic heterocycles. The van der Waals surface area contributed by atoms with Crippen LogP contribution in [0.4, 0.5) is 4.39 Å². The molecule has 0 saturated carbocycles. The van der Waals surface area contributed by atoms with Crippen LogP contribution in [0.5, 0.6) is 0 Å². The molecule has 1 N–H and O–H groups in total. The summed E-state index contributed by atoms with van der Waals surface area (Å²) in [7, 11) is 0. The van der Waals surface area contributed by atoms with Gasteiger partial charge in [-0.15, -0.1) is 0 Å². The Bertz CT molecular complexity index is 1440. The summed E-state index contributed by atoms with van der Waals surface area (Å²) < 4.78 is 15.1. The van der Waals surface area contributed by atoms with Gasteiger partial charge in [-0.1, -0.05) is 59.8 Å². The van der Waals surface area contributed by atoms with Gasteiger partial charge >= 0.3 is 0 Å². The SMILES string of the molecule is O=C(CSc1nc2ccccc2c(=O)n1-c1ccc(F)c(Cl)c1)NC1CCc2ccccc21. The molecule has 0 radical (unpaired) electrons. The maximum Gasteiger partial charge on any atom is 0.266 e. The van der Waals surface area contributed by atoms with Gasteiger partial charge in [0.05, 0.1) is 33.4 Å². The van der Waals surface area contributed by atoms with Crippen molar-refractivity contribution in [3.8, 4) is 5.69 Å². The molecule has 0 bridgehead atoms. The Morgan fingerprint density at radius 2 is 1.94 bits per heavy atom. The minimum atomic E-state index is -0.576. The molecule has 3 aromatic carbocycles. The molecule has 8 heteroatoms. The topological polar surface area (TPSA) is 64.0 Å². The molecular weight excluding hydrogens is 461 g/mol. The van der Waals surface area contributed by atoms with Crippen LogP contribution in [0.2, 0.25) is 5.02 Å². The Hall–Kier alpha value is -3.16. The van der Waals surface area contributed by atoms with Gasteiger partial charge in [0.1, 0.15) is 5.82 Å². The Morgan fingerprint density at radius 1 is 1.15 bits per heavy atom. The summed E-state index contributed by atoms with van der Waals surface area (Å²) >= 11 is 7.13. The van der Waals surface area contributed by atoms with Crippen molar-refractivity contribution in [3.63, 3.8) is 0 Å². The number of para-hydroxylation sites is 1. The second-order valence-corrected chi connectivity index (χ2v) is 9.15. The summed E-state index contributed by atoms with van der Waals surface area (Å²) in [5.74, 6) is -0.640. The third kappa shape index (κ3) is 4.26. The van der Waals surface area contributed by atoms with Crippen molar-refractivity contribution < 1.29 is 9.18 Å². The van der Waals surface area contributed by atoms with Gasteiger partial charge in [-0.2, -0.15) is 0 Å². The van der Waals surface area contributed by atoms with E-state index in [4.69, 9.17) is 11.6 Å². The highest BCUT2D eigenvalue weighted by Crippen LogP contribution is 2.31. The number of carbonyl (C=O) groups is 1. The summed E-state index contributed by atoms with van der Waals surface area (Å²) in [5, 5.41) is 3.75. The van der Waals surface area contributed by atoms with E-state index in [0.717, 1.165) is 30.2 Å². The second-order valence-electron chi connectivity index (χ2n) is 7.80. The second kappa shape index (κ2) is 9.00. The third-order valence-electron chi connectivity index (χ3n) is 5.71. The molecule has 1 aliphatic rings.